The summed E-state index contributed by atoms with van der Waals surface area (Å²) in [5, 5.41) is 0. The molecule has 0 aliphatic carbocycles. The fraction of sp³-hybridized carbons (Fsp3) is 0.538. The van der Waals surface area contributed by atoms with Crippen LogP contribution in [0.5, 0.6) is 0 Å². The zero-order chi connectivity index (χ0) is 13.9. The van der Waals surface area contributed by atoms with E-state index < -0.39 is 15.8 Å². The zero-order valence-corrected chi connectivity index (χ0v) is 11.8. The van der Waals surface area contributed by atoms with Crippen molar-refractivity contribution < 1.29 is 12.8 Å². The van der Waals surface area contributed by atoms with Gasteiger partial charge in [-0.15, -0.1) is 0 Å². The summed E-state index contributed by atoms with van der Waals surface area (Å²) >= 11 is 0. The predicted octanol–water partition coefficient (Wildman–Crippen LogP) is 1.45. The van der Waals surface area contributed by atoms with Gasteiger partial charge in [0.2, 0.25) is 10.0 Å². The molecule has 0 unspecified atom stereocenters. The van der Waals surface area contributed by atoms with Crippen LogP contribution in [0.4, 0.5) is 4.39 Å². The van der Waals surface area contributed by atoms with Crippen molar-refractivity contribution in [2.75, 3.05) is 26.7 Å². The van der Waals surface area contributed by atoms with Crippen LogP contribution in [0.2, 0.25) is 0 Å². The Morgan fingerprint density at radius 1 is 1.37 bits per heavy atom. The van der Waals surface area contributed by atoms with E-state index in [0.717, 1.165) is 32.0 Å². The van der Waals surface area contributed by atoms with Crippen molar-refractivity contribution in [3.8, 4) is 0 Å². The lowest BCUT2D eigenvalue weighted by Gasteiger charge is -2.28. The topological polar surface area (TPSA) is 49.4 Å². The van der Waals surface area contributed by atoms with Crippen LogP contribution in [0.3, 0.4) is 0 Å². The summed E-state index contributed by atoms with van der Waals surface area (Å²) in [6.45, 7) is 2.41. The van der Waals surface area contributed by atoms with Crippen LogP contribution in [0.1, 0.15) is 12.8 Å². The van der Waals surface area contributed by atoms with Gasteiger partial charge in [0.1, 0.15) is 5.82 Å². The summed E-state index contributed by atoms with van der Waals surface area (Å²) in [4.78, 5) is 2.22. The Hall–Kier alpha value is -0.980. The molecule has 1 N–H and O–H groups in total. The number of hydrogen-bond donors (Lipinski definition) is 1. The number of rotatable bonds is 4. The molecule has 1 heterocycles. The average Bonchev–Trinajstić information content (AvgIpc) is 2.38. The highest BCUT2D eigenvalue weighted by molar-refractivity contribution is 7.89. The van der Waals surface area contributed by atoms with Crippen molar-refractivity contribution in [1.29, 1.82) is 0 Å². The fourth-order valence-electron chi connectivity index (χ4n) is 2.21. The third-order valence-corrected chi connectivity index (χ3v) is 4.93. The molecule has 0 amide bonds. The Morgan fingerprint density at radius 3 is 2.68 bits per heavy atom. The van der Waals surface area contributed by atoms with E-state index in [-0.39, 0.29) is 4.90 Å². The second-order valence-corrected chi connectivity index (χ2v) is 6.82. The van der Waals surface area contributed by atoms with Crippen LogP contribution in [0, 0.1) is 11.7 Å². The van der Waals surface area contributed by atoms with Crippen LogP contribution in [-0.4, -0.2) is 40.0 Å². The van der Waals surface area contributed by atoms with Crippen LogP contribution in [0.15, 0.2) is 29.2 Å². The third-order valence-electron chi connectivity index (χ3n) is 3.51. The largest absolute Gasteiger partial charge is 0.306 e. The molecule has 1 aliphatic rings. The molecule has 2 rings (SSSR count). The van der Waals surface area contributed by atoms with E-state index in [1.165, 1.54) is 18.2 Å². The molecule has 0 radical (unpaired) electrons. The van der Waals surface area contributed by atoms with Crippen molar-refractivity contribution in [3.63, 3.8) is 0 Å². The Balaban J connectivity index is 1.95. The van der Waals surface area contributed by atoms with Crippen LogP contribution >= 0.6 is 0 Å². The van der Waals surface area contributed by atoms with Gasteiger partial charge in [0.05, 0.1) is 4.90 Å². The summed E-state index contributed by atoms with van der Waals surface area (Å²) < 4.78 is 39.6. The Labute approximate surface area is 113 Å². The summed E-state index contributed by atoms with van der Waals surface area (Å²) in [5.41, 5.74) is 0. The van der Waals surface area contributed by atoms with E-state index in [9.17, 15) is 12.8 Å². The minimum atomic E-state index is -3.60. The number of sulfonamides is 1. The van der Waals surface area contributed by atoms with Gasteiger partial charge >= 0.3 is 0 Å². The molecule has 1 aliphatic heterocycles. The number of halogens is 1. The maximum atomic E-state index is 13.0. The smallest absolute Gasteiger partial charge is 0.240 e. The molecule has 6 heteroatoms. The fourth-order valence-corrected chi connectivity index (χ4v) is 3.36. The normalized spacial score (nSPS) is 18.6. The summed E-state index contributed by atoms with van der Waals surface area (Å²) in [6, 6.07) is 5.08. The molecular weight excluding hydrogens is 267 g/mol. The van der Waals surface area contributed by atoms with Gasteiger partial charge in [-0.2, -0.15) is 0 Å². The molecule has 1 fully saturated rings. The molecule has 1 aromatic carbocycles. The lowest BCUT2D eigenvalue weighted by molar-refractivity contribution is 0.220. The van der Waals surface area contributed by atoms with Crippen molar-refractivity contribution in [2.24, 2.45) is 5.92 Å². The van der Waals surface area contributed by atoms with Gasteiger partial charge in [-0.1, -0.05) is 6.07 Å². The molecule has 0 saturated carbocycles. The molecule has 0 bridgehead atoms. The van der Waals surface area contributed by atoms with Gasteiger partial charge in [-0.25, -0.2) is 17.5 Å². The second-order valence-electron chi connectivity index (χ2n) is 5.06. The van der Waals surface area contributed by atoms with Gasteiger partial charge in [-0.05, 0) is 57.1 Å². The highest BCUT2D eigenvalue weighted by Gasteiger charge is 2.20. The standard InChI is InChI=1S/C13H19FN2O2S/c1-16-7-5-11(6-8-16)10-15-19(17,18)13-4-2-3-12(14)9-13/h2-4,9,11,15H,5-8,10H2,1H3. The highest BCUT2D eigenvalue weighted by Crippen LogP contribution is 2.16. The van der Waals surface area contributed by atoms with E-state index in [2.05, 4.69) is 16.7 Å². The number of nitrogens with one attached hydrogen (secondary N) is 1. The molecule has 1 aromatic rings. The van der Waals surface area contributed by atoms with Crippen molar-refractivity contribution in [1.82, 2.24) is 9.62 Å². The van der Waals surface area contributed by atoms with Gasteiger partial charge < -0.3 is 4.90 Å². The first-order valence-electron chi connectivity index (χ1n) is 6.41. The monoisotopic (exact) mass is 286 g/mol. The minimum Gasteiger partial charge on any atom is -0.306 e. The van der Waals surface area contributed by atoms with Gasteiger partial charge in [0.15, 0.2) is 0 Å². The quantitative estimate of drug-likeness (QED) is 0.911. The van der Waals surface area contributed by atoms with Crippen molar-refractivity contribution in [3.05, 3.63) is 30.1 Å². The first-order valence-corrected chi connectivity index (χ1v) is 7.89. The highest BCUT2D eigenvalue weighted by atomic mass is 32.2. The maximum Gasteiger partial charge on any atom is 0.240 e. The molecule has 0 atom stereocenters. The van der Waals surface area contributed by atoms with E-state index in [4.69, 9.17) is 0 Å². The maximum absolute atomic E-state index is 13.0. The molecular formula is C13H19FN2O2S. The molecule has 19 heavy (non-hydrogen) atoms. The molecule has 0 spiro atoms. The summed E-state index contributed by atoms with van der Waals surface area (Å²) in [7, 11) is -1.54. The first kappa shape index (κ1) is 14.4. The molecule has 106 valence electrons. The Morgan fingerprint density at radius 2 is 2.05 bits per heavy atom. The lowest BCUT2D eigenvalue weighted by Crippen LogP contribution is -2.36. The second kappa shape index (κ2) is 5.98. The predicted molar refractivity (Wildman–Crippen MR) is 71.8 cm³/mol. The Kier molecular flexibility index (Phi) is 4.54. The minimum absolute atomic E-state index is 0.0135. The lowest BCUT2D eigenvalue weighted by atomic mass is 9.98. The van der Waals surface area contributed by atoms with Crippen LogP contribution in [-0.2, 0) is 10.0 Å². The summed E-state index contributed by atoms with van der Waals surface area (Å²) in [6.07, 6.45) is 1.98. The molecule has 0 aromatic heterocycles. The molecule has 4 nitrogen and oxygen atoms in total. The first-order chi connectivity index (χ1) is 8.97. The van der Waals surface area contributed by atoms with Crippen LogP contribution < -0.4 is 4.72 Å². The van der Waals surface area contributed by atoms with Gasteiger partial charge in [0, 0.05) is 6.54 Å². The average molecular weight is 286 g/mol. The molecule has 1 saturated heterocycles. The SMILES string of the molecule is CN1CCC(CNS(=O)(=O)c2cccc(F)c2)CC1. The number of benzene rings is 1. The van der Waals surface area contributed by atoms with Gasteiger partial charge in [0.25, 0.3) is 0 Å². The van der Waals surface area contributed by atoms with E-state index in [0.29, 0.717) is 12.5 Å². The Bertz CT molecular complexity index is 525. The van der Waals surface area contributed by atoms with E-state index in [1.807, 2.05) is 0 Å². The van der Waals surface area contributed by atoms with Crippen molar-refractivity contribution in [2.45, 2.75) is 17.7 Å². The zero-order valence-electron chi connectivity index (χ0n) is 11.0. The van der Waals surface area contributed by atoms with E-state index >= 15 is 0 Å². The number of likely N-dealkylation sites (tertiary alicyclic amines) is 1. The summed E-state index contributed by atoms with van der Waals surface area (Å²) in [5.74, 6) is -0.179. The number of hydrogen-bond acceptors (Lipinski definition) is 3. The number of piperidine rings is 1. The van der Waals surface area contributed by atoms with E-state index in [1.54, 1.807) is 0 Å². The van der Waals surface area contributed by atoms with Crippen LogP contribution in [0.25, 0.3) is 0 Å². The van der Waals surface area contributed by atoms with Crippen molar-refractivity contribution >= 4 is 10.0 Å². The number of nitrogens with zero attached hydrogens (tertiary/aromatic N) is 1. The third kappa shape index (κ3) is 3.99. The van der Waals surface area contributed by atoms with Gasteiger partial charge in [-0.3, -0.25) is 0 Å².